The lowest BCUT2D eigenvalue weighted by molar-refractivity contribution is 0.0861. The lowest BCUT2D eigenvalue weighted by atomic mass is 9.60. The molecule has 0 saturated heterocycles. The summed E-state index contributed by atoms with van der Waals surface area (Å²) in [6, 6.07) is 0. The van der Waals surface area contributed by atoms with E-state index in [1.165, 1.54) is 44.9 Å². The first-order valence-electron chi connectivity index (χ1n) is 11.9. The maximum atomic E-state index is 10.1. The van der Waals surface area contributed by atoms with E-state index in [9.17, 15) is 10.2 Å². The normalized spacial score (nSPS) is 39.1. The van der Waals surface area contributed by atoms with Crippen molar-refractivity contribution in [3.8, 4) is 0 Å². The smallest absolute Gasteiger partial charge is 0.0811 e. The van der Waals surface area contributed by atoms with Crippen LogP contribution in [0.2, 0.25) is 0 Å². The zero-order valence-corrected chi connectivity index (χ0v) is 18.6. The van der Waals surface area contributed by atoms with E-state index in [0.717, 1.165) is 35.8 Å². The summed E-state index contributed by atoms with van der Waals surface area (Å²) < 4.78 is 0. The van der Waals surface area contributed by atoms with Gasteiger partial charge in [0.05, 0.1) is 12.2 Å². The number of rotatable bonds is 7. The highest BCUT2D eigenvalue weighted by atomic mass is 16.3. The third kappa shape index (κ3) is 5.06. The second-order valence-electron chi connectivity index (χ2n) is 10.2. The number of allylic oxidation sites excluding steroid dienone is 3. The molecule has 164 valence electrons. The summed E-state index contributed by atoms with van der Waals surface area (Å²) in [5.74, 6) is 2.22. The summed E-state index contributed by atoms with van der Waals surface area (Å²) >= 11 is 0. The van der Waals surface area contributed by atoms with Gasteiger partial charge in [-0.05, 0) is 79.3 Å². The van der Waals surface area contributed by atoms with Gasteiger partial charge in [-0.25, -0.2) is 0 Å². The van der Waals surface area contributed by atoms with Crippen LogP contribution in [0, 0.1) is 23.2 Å². The molecule has 3 N–H and O–H groups in total. The van der Waals surface area contributed by atoms with Gasteiger partial charge in [0, 0.05) is 13.0 Å². The van der Waals surface area contributed by atoms with Crippen LogP contribution >= 0.6 is 0 Å². The van der Waals surface area contributed by atoms with Crippen molar-refractivity contribution in [1.29, 1.82) is 0 Å². The van der Waals surface area contributed by atoms with Gasteiger partial charge in [-0.3, -0.25) is 0 Å². The zero-order valence-electron chi connectivity index (χ0n) is 18.6. The highest BCUT2D eigenvalue weighted by Crippen LogP contribution is 2.59. The first kappa shape index (κ1) is 22.8. The van der Waals surface area contributed by atoms with Crippen LogP contribution in [0.4, 0.5) is 0 Å². The van der Waals surface area contributed by atoms with E-state index >= 15 is 0 Å². The molecule has 3 heteroatoms. The van der Waals surface area contributed by atoms with Gasteiger partial charge in [0.2, 0.25) is 0 Å². The van der Waals surface area contributed by atoms with Gasteiger partial charge in [0.15, 0.2) is 0 Å². The summed E-state index contributed by atoms with van der Waals surface area (Å²) in [5.41, 5.74) is 3.78. The molecule has 0 aliphatic heterocycles. The molecule has 0 aromatic heterocycles. The third-order valence-corrected chi connectivity index (χ3v) is 8.31. The summed E-state index contributed by atoms with van der Waals surface area (Å²) in [7, 11) is 0. The Hall–Kier alpha value is -0.900. The molecule has 3 fully saturated rings. The molecule has 0 heterocycles. The molecular formula is C26H42O3. The summed E-state index contributed by atoms with van der Waals surface area (Å²) in [6.45, 7) is 9.36. The Morgan fingerprint density at radius 3 is 2.72 bits per heavy atom. The van der Waals surface area contributed by atoms with Gasteiger partial charge in [-0.1, -0.05) is 57.4 Å². The van der Waals surface area contributed by atoms with E-state index in [-0.39, 0.29) is 0 Å². The van der Waals surface area contributed by atoms with Gasteiger partial charge < -0.3 is 15.3 Å². The third-order valence-electron chi connectivity index (χ3n) is 8.31. The quantitative estimate of drug-likeness (QED) is 0.505. The van der Waals surface area contributed by atoms with Crippen molar-refractivity contribution in [2.45, 2.75) is 96.7 Å². The van der Waals surface area contributed by atoms with Crippen LogP contribution in [0.25, 0.3) is 0 Å². The number of aliphatic hydroxyl groups is 3. The van der Waals surface area contributed by atoms with Crippen LogP contribution in [-0.2, 0) is 0 Å². The van der Waals surface area contributed by atoms with Gasteiger partial charge >= 0.3 is 0 Å². The molecule has 6 atom stereocenters. The van der Waals surface area contributed by atoms with Crippen LogP contribution in [0.3, 0.4) is 0 Å². The largest absolute Gasteiger partial charge is 0.396 e. The molecule has 0 radical (unpaired) electrons. The topological polar surface area (TPSA) is 60.7 Å². The van der Waals surface area contributed by atoms with Crippen LogP contribution in [0.15, 0.2) is 35.5 Å². The molecule has 0 spiro atoms. The number of hydrogen-bond donors (Lipinski definition) is 3. The van der Waals surface area contributed by atoms with Gasteiger partial charge in [0.25, 0.3) is 0 Å². The fourth-order valence-corrected chi connectivity index (χ4v) is 6.64. The van der Waals surface area contributed by atoms with Gasteiger partial charge in [0.1, 0.15) is 0 Å². The SMILES string of the molecule is C=C1/C(=C\C=C2/CCCC3(C)C2CCC3C(C)CCCCCO)CC(O)CC1O. The molecule has 0 aromatic rings. The Morgan fingerprint density at radius 1 is 1.17 bits per heavy atom. The lowest BCUT2D eigenvalue weighted by Gasteiger charge is -2.44. The van der Waals surface area contributed by atoms with Crippen molar-refractivity contribution in [3.63, 3.8) is 0 Å². The standard InChI is InChI=1S/C26H42O3/c1-18(8-5-4-6-15-27)23-12-13-24-20(9-7-14-26(23,24)3)10-11-21-16-22(28)17-25(29)19(21)2/h10-11,18,22-25,27-29H,2,4-9,12-17H2,1,3H3/b20-10+,21-11-. The van der Waals surface area contributed by atoms with Gasteiger partial charge in [-0.2, -0.15) is 0 Å². The summed E-state index contributed by atoms with van der Waals surface area (Å²) in [4.78, 5) is 0. The molecule has 0 amide bonds. The van der Waals surface area contributed by atoms with E-state index in [1.807, 2.05) is 0 Å². The fourth-order valence-electron chi connectivity index (χ4n) is 6.64. The molecule has 3 rings (SSSR count). The van der Waals surface area contributed by atoms with Crippen LogP contribution < -0.4 is 0 Å². The molecule has 3 nitrogen and oxygen atoms in total. The lowest BCUT2D eigenvalue weighted by Crippen LogP contribution is -2.36. The minimum Gasteiger partial charge on any atom is -0.396 e. The first-order chi connectivity index (χ1) is 13.9. The minimum atomic E-state index is -0.609. The Bertz CT molecular complexity index is 634. The predicted octanol–water partition coefficient (Wildman–Crippen LogP) is 5.32. The molecule has 3 aliphatic rings. The second kappa shape index (κ2) is 9.94. The monoisotopic (exact) mass is 402 g/mol. The maximum Gasteiger partial charge on any atom is 0.0811 e. The maximum absolute atomic E-state index is 10.1. The van der Waals surface area contributed by atoms with Crippen LogP contribution in [0.1, 0.15) is 84.5 Å². The number of hydrogen-bond acceptors (Lipinski definition) is 3. The number of unbranched alkanes of at least 4 members (excludes halogenated alkanes) is 2. The van der Waals surface area contributed by atoms with Crippen molar-refractivity contribution >= 4 is 0 Å². The second-order valence-corrected chi connectivity index (χ2v) is 10.2. The highest BCUT2D eigenvalue weighted by molar-refractivity contribution is 5.38. The van der Waals surface area contributed by atoms with Crippen molar-refractivity contribution < 1.29 is 15.3 Å². The first-order valence-corrected chi connectivity index (χ1v) is 11.9. The Balaban J connectivity index is 1.70. The van der Waals surface area contributed by atoms with Crippen molar-refractivity contribution in [3.05, 3.63) is 35.5 Å². The molecule has 3 aliphatic carbocycles. The molecule has 29 heavy (non-hydrogen) atoms. The van der Waals surface area contributed by atoms with E-state index in [4.69, 9.17) is 5.11 Å². The highest BCUT2D eigenvalue weighted by Gasteiger charge is 2.50. The zero-order chi connectivity index (χ0) is 21.0. The molecule has 3 saturated carbocycles. The van der Waals surface area contributed by atoms with E-state index in [1.54, 1.807) is 5.57 Å². The van der Waals surface area contributed by atoms with E-state index < -0.39 is 12.2 Å². The number of fused-ring (bicyclic) bond motifs is 1. The summed E-state index contributed by atoms with van der Waals surface area (Å²) in [6.07, 6.45) is 15.4. The number of aliphatic hydroxyl groups excluding tert-OH is 3. The Labute approximate surface area is 177 Å². The molecule has 0 bridgehead atoms. The Kier molecular flexibility index (Phi) is 7.81. The molecule has 6 unspecified atom stereocenters. The van der Waals surface area contributed by atoms with Crippen molar-refractivity contribution in [1.82, 2.24) is 0 Å². The van der Waals surface area contributed by atoms with Crippen molar-refractivity contribution in [2.24, 2.45) is 23.2 Å². The van der Waals surface area contributed by atoms with E-state index in [2.05, 4.69) is 32.6 Å². The fraction of sp³-hybridized carbons (Fsp3) is 0.769. The minimum absolute atomic E-state index is 0.321. The van der Waals surface area contributed by atoms with E-state index in [0.29, 0.717) is 30.8 Å². The Morgan fingerprint density at radius 2 is 1.97 bits per heavy atom. The van der Waals surface area contributed by atoms with Crippen LogP contribution in [0.5, 0.6) is 0 Å². The summed E-state index contributed by atoms with van der Waals surface area (Å²) in [5, 5.41) is 29.1. The average Bonchev–Trinajstić information content (AvgIpc) is 3.04. The molecule has 0 aromatic carbocycles. The molecular weight excluding hydrogens is 360 g/mol. The van der Waals surface area contributed by atoms with Crippen LogP contribution in [-0.4, -0.2) is 34.1 Å². The van der Waals surface area contributed by atoms with Gasteiger partial charge in [-0.15, -0.1) is 0 Å². The predicted molar refractivity (Wildman–Crippen MR) is 119 cm³/mol. The average molecular weight is 403 g/mol. The van der Waals surface area contributed by atoms with Crippen molar-refractivity contribution in [2.75, 3.05) is 6.61 Å².